The predicted octanol–water partition coefficient (Wildman–Crippen LogP) is 1.84. The van der Waals surface area contributed by atoms with Crippen molar-refractivity contribution in [2.24, 2.45) is 0 Å². The van der Waals surface area contributed by atoms with Crippen LogP contribution in [0.2, 0.25) is 0 Å². The number of likely N-dealkylation sites (N-methyl/N-ethyl adjacent to an activating group) is 1. The van der Waals surface area contributed by atoms with E-state index in [1.807, 2.05) is 14.1 Å². The summed E-state index contributed by atoms with van der Waals surface area (Å²) in [5, 5.41) is 2.11. The van der Waals surface area contributed by atoms with Gasteiger partial charge in [0, 0.05) is 25.5 Å². The molecule has 1 aliphatic rings. The maximum Gasteiger partial charge on any atom is 0.239 e. The van der Waals surface area contributed by atoms with Crippen LogP contribution in [0.25, 0.3) is 0 Å². The second kappa shape index (κ2) is 5.65. The van der Waals surface area contributed by atoms with E-state index in [-0.39, 0.29) is 11.9 Å². The highest BCUT2D eigenvalue weighted by Gasteiger charge is 2.31. The minimum Gasteiger partial charge on any atom is -0.347 e. The Morgan fingerprint density at radius 2 is 2.41 bits per heavy atom. The number of rotatable bonds is 4. The fraction of sp³-hybridized carbons (Fsp3) is 0.615. The van der Waals surface area contributed by atoms with Crippen molar-refractivity contribution >= 4 is 17.2 Å². The van der Waals surface area contributed by atoms with E-state index >= 15 is 0 Å². The van der Waals surface area contributed by atoms with Gasteiger partial charge in [-0.2, -0.15) is 0 Å². The van der Waals surface area contributed by atoms with E-state index in [0.29, 0.717) is 0 Å². The Balaban J connectivity index is 1.89. The van der Waals surface area contributed by atoms with Gasteiger partial charge in [0.1, 0.15) is 0 Å². The van der Waals surface area contributed by atoms with E-state index in [1.165, 1.54) is 4.88 Å². The number of hydrogen-bond acceptors (Lipinski definition) is 3. The third-order valence-corrected chi connectivity index (χ3v) is 4.25. The standard InChI is InChI=1S/C13H20N2OS/c1-14(2)13(16)12-6-3-8-15(12)9-7-11-5-4-10-17-11/h4-5,10,12H,3,6-9H2,1-2H3/t12-/m1/s1. The number of thiophene rings is 1. The van der Waals surface area contributed by atoms with Gasteiger partial charge in [-0.25, -0.2) is 0 Å². The summed E-state index contributed by atoms with van der Waals surface area (Å²) in [6.07, 6.45) is 3.23. The van der Waals surface area contributed by atoms with Crippen molar-refractivity contribution in [2.45, 2.75) is 25.3 Å². The van der Waals surface area contributed by atoms with Crippen LogP contribution in [0, 0.1) is 0 Å². The first-order valence-corrected chi connectivity index (χ1v) is 7.04. The summed E-state index contributed by atoms with van der Waals surface area (Å²) in [6.45, 7) is 2.07. The fourth-order valence-electron chi connectivity index (χ4n) is 2.38. The SMILES string of the molecule is CN(C)C(=O)[C@H]1CCCN1CCc1cccs1. The number of nitrogens with zero attached hydrogens (tertiary/aromatic N) is 2. The van der Waals surface area contributed by atoms with E-state index in [4.69, 9.17) is 0 Å². The summed E-state index contributed by atoms with van der Waals surface area (Å²) in [4.78, 5) is 17.5. The molecule has 1 aromatic heterocycles. The summed E-state index contributed by atoms with van der Waals surface area (Å²) < 4.78 is 0. The zero-order valence-corrected chi connectivity index (χ0v) is 11.4. The zero-order chi connectivity index (χ0) is 12.3. The van der Waals surface area contributed by atoms with Crippen molar-refractivity contribution in [2.75, 3.05) is 27.2 Å². The highest BCUT2D eigenvalue weighted by molar-refractivity contribution is 7.09. The molecule has 1 saturated heterocycles. The van der Waals surface area contributed by atoms with Crippen LogP contribution >= 0.6 is 11.3 Å². The molecule has 4 heteroatoms. The van der Waals surface area contributed by atoms with Gasteiger partial charge in [0.05, 0.1) is 6.04 Å². The molecular formula is C13H20N2OS. The Labute approximate surface area is 107 Å². The van der Waals surface area contributed by atoms with Crippen LogP contribution in [0.3, 0.4) is 0 Å². The lowest BCUT2D eigenvalue weighted by molar-refractivity contribution is -0.133. The van der Waals surface area contributed by atoms with Gasteiger partial charge in [0.15, 0.2) is 0 Å². The Hall–Kier alpha value is -0.870. The molecule has 1 fully saturated rings. The third kappa shape index (κ3) is 3.07. The van der Waals surface area contributed by atoms with Crippen molar-refractivity contribution in [1.82, 2.24) is 9.80 Å². The van der Waals surface area contributed by atoms with Gasteiger partial charge in [0.2, 0.25) is 5.91 Å². The molecule has 0 N–H and O–H groups in total. The van der Waals surface area contributed by atoms with Crippen molar-refractivity contribution < 1.29 is 4.79 Å². The highest BCUT2D eigenvalue weighted by atomic mass is 32.1. The normalized spacial score (nSPS) is 20.7. The molecule has 17 heavy (non-hydrogen) atoms. The summed E-state index contributed by atoms with van der Waals surface area (Å²) in [7, 11) is 3.69. The first kappa shape index (κ1) is 12.6. The molecule has 1 amide bonds. The van der Waals surface area contributed by atoms with Crippen LogP contribution in [0.1, 0.15) is 17.7 Å². The van der Waals surface area contributed by atoms with Crippen LogP contribution < -0.4 is 0 Å². The van der Waals surface area contributed by atoms with Gasteiger partial charge in [-0.15, -0.1) is 11.3 Å². The summed E-state index contributed by atoms with van der Waals surface area (Å²) in [5.74, 6) is 0.258. The quantitative estimate of drug-likeness (QED) is 0.816. The molecule has 3 nitrogen and oxygen atoms in total. The smallest absolute Gasteiger partial charge is 0.239 e. The van der Waals surface area contributed by atoms with Gasteiger partial charge >= 0.3 is 0 Å². The van der Waals surface area contributed by atoms with E-state index in [2.05, 4.69) is 22.4 Å². The number of hydrogen-bond donors (Lipinski definition) is 0. The van der Waals surface area contributed by atoms with Gasteiger partial charge < -0.3 is 4.90 Å². The van der Waals surface area contributed by atoms with E-state index < -0.39 is 0 Å². The predicted molar refractivity (Wildman–Crippen MR) is 71.3 cm³/mol. The Morgan fingerprint density at radius 3 is 3.06 bits per heavy atom. The maximum atomic E-state index is 12.0. The van der Waals surface area contributed by atoms with E-state index in [0.717, 1.165) is 32.4 Å². The molecule has 0 saturated carbocycles. The molecule has 1 atom stereocenters. The molecule has 1 aromatic rings. The van der Waals surface area contributed by atoms with Crippen molar-refractivity contribution in [3.05, 3.63) is 22.4 Å². The molecule has 2 rings (SSSR count). The van der Waals surface area contributed by atoms with E-state index in [9.17, 15) is 4.79 Å². The largest absolute Gasteiger partial charge is 0.347 e. The number of likely N-dealkylation sites (tertiary alicyclic amines) is 1. The monoisotopic (exact) mass is 252 g/mol. The van der Waals surface area contributed by atoms with Crippen LogP contribution in [0.5, 0.6) is 0 Å². The summed E-state index contributed by atoms with van der Waals surface area (Å²) >= 11 is 1.80. The molecule has 0 bridgehead atoms. The first-order valence-electron chi connectivity index (χ1n) is 6.16. The van der Waals surface area contributed by atoms with Crippen LogP contribution in [0.15, 0.2) is 17.5 Å². The molecule has 0 unspecified atom stereocenters. The van der Waals surface area contributed by atoms with Gasteiger partial charge in [-0.05, 0) is 37.3 Å². The summed E-state index contributed by atoms with van der Waals surface area (Å²) in [6, 6.07) is 4.38. The topological polar surface area (TPSA) is 23.6 Å². The minimum absolute atomic E-state index is 0.116. The Morgan fingerprint density at radius 1 is 1.59 bits per heavy atom. The lowest BCUT2D eigenvalue weighted by Gasteiger charge is -2.25. The number of carbonyl (C=O) groups excluding carboxylic acids is 1. The Bertz CT molecular complexity index is 362. The fourth-order valence-corrected chi connectivity index (χ4v) is 3.08. The third-order valence-electron chi connectivity index (χ3n) is 3.32. The van der Waals surface area contributed by atoms with Crippen molar-refractivity contribution in [1.29, 1.82) is 0 Å². The second-order valence-corrected chi connectivity index (χ2v) is 5.79. The molecule has 0 radical (unpaired) electrons. The van der Waals surface area contributed by atoms with Crippen LogP contribution in [-0.4, -0.2) is 48.9 Å². The molecule has 0 aliphatic carbocycles. The second-order valence-electron chi connectivity index (χ2n) is 4.76. The van der Waals surface area contributed by atoms with Crippen molar-refractivity contribution in [3.63, 3.8) is 0 Å². The molecule has 1 aliphatic heterocycles. The molecule has 2 heterocycles. The lowest BCUT2D eigenvalue weighted by atomic mass is 10.2. The average Bonchev–Trinajstić information content (AvgIpc) is 2.96. The number of amides is 1. The van der Waals surface area contributed by atoms with Crippen LogP contribution in [0.4, 0.5) is 0 Å². The summed E-state index contributed by atoms with van der Waals surface area (Å²) in [5.41, 5.74) is 0. The zero-order valence-electron chi connectivity index (χ0n) is 10.6. The van der Waals surface area contributed by atoms with Gasteiger partial charge in [-0.3, -0.25) is 9.69 Å². The van der Waals surface area contributed by atoms with Gasteiger partial charge in [0.25, 0.3) is 0 Å². The minimum atomic E-state index is 0.116. The molecule has 94 valence electrons. The maximum absolute atomic E-state index is 12.0. The Kier molecular flexibility index (Phi) is 4.18. The molecule has 0 spiro atoms. The average molecular weight is 252 g/mol. The molecule has 0 aromatic carbocycles. The first-order chi connectivity index (χ1) is 8.18. The van der Waals surface area contributed by atoms with Crippen molar-refractivity contribution in [3.8, 4) is 0 Å². The molecular weight excluding hydrogens is 232 g/mol. The van der Waals surface area contributed by atoms with Crippen LogP contribution in [-0.2, 0) is 11.2 Å². The highest BCUT2D eigenvalue weighted by Crippen LogP contribution is 2.20. The van der Waals surface area contributed by atoms with Gasteiger partial charge in [-0.1, -0.05) is 6.07 Å². The number of carbonyl (C=O) groups is 1. The lowest BCUT2D eigenvalue weighted by Crippen LogP contribution is -2.43. The van der Waals surface area contributed by atoms with E-state index in [1.54, 1.807) is 16.2 Å².